The van der Waals surface area contributed by atoms with Crippen molar-refractivity contribution in [1.29, 1.82) is 0 Å². The lowest BCUT2D eigenvalue weighted by Gasteiger charge is -2.34. The van der Waals surface area contributed by atoms with Gasteiger partial charge in [0.2, 0.25) is 0 Å². The maximum atomic E-state index is 11.4. The fourth-order valence-electron chi connectivity index (χ4n) is 3.29. The quantitative estimate of drug-likeness (QED) is 0.737. The zero-order valence-electron chi connectivity index (χ0n) is 10.6. The number of carbonyl (C=O) groups is 1. The number of nitrogens with zero attached hydrogens (tertiary/aromatic N) is 1. The molecule has 0 bridgehead atoms. The Morgan fingerprint density at radius 1 is 1.39 bits per heavy atom. The summed E-state index contributed by atoms with van der Waals surface area (Å²) in [5.74, 6) is 0. The van der Waals surface area contributed by atoms with Gasteiger partial charge in [0.1, 0.15) is 0 Å². The van der Waals surface area contributed by atoms with Crippen molar-refractivity contribution < 1.29 is 9.90 Å². The highest BCUT2D eigenvalue weighted by Crippen LogP contribution is 2.46. The van der Waals surface area contributed by atoms with E-state index in [0.29, 0.717) is 6.54 Å². The third-order valence-electron chi connectivity index (χ3n) is 4.27. The number of benzene rings is 1. The third kappa shape index (κ3) is 1.60. The van der Waals surface area contributed by atoms with Gasteiger partial charge in [-0.15, -0.1) is 0 Å². The molecule has 1 spiro atoms. The van der Waals surface area contributed by atoms with Crippen LogP contribution in [0.5, 0.6) is 0 Å². The van der Waals surface area contributed by atoms with Crippen LogP contribution in [0.15, 0.2) is 18.2 Å². The van der Waals surface area contributed by atoms with Gasteiger partial charge in [0.15, 0.2) is 0 Å². The predicted octanol–water partition coefficient (Wildman–Crippen LogP) is 2.11. The van der Waals surface area contributed by atoms with E-state index in [1.54, 1.807) is 0 Å². The van der Waals surface area contributed by atoms with Crippen LogP contribution in [0.2, 0.25) is 0 Å². The standard InChI is InChI=1S/C14H18N2O2/c1-10-2-3-12-11(8-10)14(4-6-15-7-5-14)9-16(12)13(17)18/h2-3,8,15H,4-7,9H2,1H3,(H,17,18). The Morgan fingerprint density at radius 3 is 2.78 bits per heavy atom. The average molecular weight is 246 g/mol. The minimum absolute atomic E-state index is 0.0327. The Bertz CT molecular complexity index is 493. The highest BCUT2D eigenvalue weighted by Gasteiger charge is 2.45. The van der Waals surface area contributed by atoms with E-state index in [4.69, 9.17) is 0 Å². The number of piperidine rings is 1. The second-order valence-corrected chi connectivity index (χ2v) is 5.42. The van der Waals surface area contributed by atoms with Crippen molar-refractivity contribution >= 4 is 11.8 Å². The summed E-state index contributed by atoms with van der Waals surface area (Å²) in [6, 6.07) is 6.12. The molecular formula is C14H18N2O2. The molecule has 4 heteroatoms. The minimum Gasteiger partial charge on any atom is -0.465 e. The first-order valence-electron chi connectivity index (χ1n) is 6.45. The highest BCUT2D eigenvalue weighted by atomic mass is 16.4. The van der Waals surface area contributed by atoms with Gasteiger partial charge in [0.25, 0.3) is 0 Å². The Balaban J connectivity index is 2.10. The van der Waals surface area contributed by atoms with Crippen LogP contribution in [-0.2, 0) is 5.41 Å². The van der Waals surface area contributed by atoms with Crippen molar-refractivity contribution in [3.63, 3.8) is 0 Å². The van der Waals surface area contributed by atoms with Crippen LogP contribution in [0.1, 0.15) is 24.0 Å². The van der Waals surface area contributed by atoms with Crippen LogP contribution in [0.4, 0.5) is 10.5 Å². The van der Waals surface area contributed by atoms with E-state index in [1.807, 2.05) is 12.1 Å². The van der Waals surface area contributed by atoms with E-state index in [9.17, 15) is 9.90 Å². The molecule has 1 aromatic rings. The van der Waals surface area contributed by atoms with Gasteiger partial charge in [0.05, 0.1) is 5.69 Å². The Hall–Kier alpha value is -1.55. The Labute approximate surface area is 107 Å². The number of carboxylic acid groups (broad SMARTS) is 1. The molecule has 1 fully saturated rings. The zero-order chi connectivity index (χ0) is 12.8. The summed E-state index contributed by atoms with van der Waals surface area (Å²) in [4.78, 5) is 12.9. The molecule has 0 aromatic heterocycles. The first-order valence-corrected chi connectivity index (χ1v) is 6.45. The molecule has 2 aliphatic heterocycles. The van der Waals surface area contributed by atoms with E-state index in [-0.39, 0.29) is 5.41 Å². The molecule has 0 saturated carbocycles. The lowest BCUT2D eigenvalue weighted by molar-refractivity contribution is 0.199. The molecule has 1 saturated heterocycles. The van der Waals surface area contributed by atoms with Gasteiger partial charge >= 0.3 is 6.09 Å². The van der Waals surface area contributed by atoms with E-state index in [1.165, 1.54) is 16.0 Å². The van der Waals surface area contributed by atoms with Crippen LogP contribution >= 0.6 is 0 Å². The highest BCUT2D eigenvalue weighted by molar-refractivity contribution is 5.90. The van der Waals surface area contributed by atoms with Crippen LogP contribution in [0, 0.1) is 6.92 Å². The van der Waals surface area contributed by atoms with Crippen molar-refractivity contribution in [2.75, 3.05) is 24.5 Å². The fraction of sp³-hybridized carbons (Fsp3) is 0.500. The topological polar surface area (TPSA) is 52.6 Å². The van der Waals surface area contributed by atoms with Crippen molar-refractivity contribution in [3.05, 3.63) is 29.3 Å². The van der Waals surface area contributed by atoms with E-state index < -0.39 is 6.09 Å². The smallest absolute Gasteiger partial charge is 0.411 e. The van der Waals surface area contributed by atoms with Crippen molar-refractivity contribution in [2.45, 2.75) is 25.2 Å². The number of nitrogens with one attached hydrogen (secondary N) is 1. The van der Waals surface area contributed by atoms with E-state index >= 15 is 0 Å². The van der Waals surface area contributed by atoms with Crippen molar-refractivity contribution in [1.82, 2.24) is 5.32 Å². The summed E-state index contributed by atoms with van der Waals surface area (Å²) < 4.78 is 0. The van der Waals surface area contributed by atoms with Crippen LogP contribution < -0.4 is 10.2 Å². The number of hydrogen-bond donors (Lipinski definition) is 2. The van der Waals surface area contributed by atoms with E-state index in [0.717, 1.165) is 31.6 Å². The largest absolute Gasteiger partial charge is 0.465 e. The monoisotopic (exact) mass is 246 g/mol. The molecule has 0 radical (unpaired) electrons. The second-order valence-electron chi connectivity index (χ2n) is 5.42. The zero-order valence-corrected chi connectivity index (χ0v) is 10.6. The molecule has 1 aromatic carbocycles. The van der Waals surface area contributed by atoms with Crippen LogP contribution in [0.25, 0.3) is 0 Å². The number of aryl methyl sites for hydroxylation is 1. The molecule has 96 valence electrons. The number of hydrogen-bond acceptors (Lipinski definition) is 2. The molecule has 0 atom stereocenters. The molecule has 2 aliphatic rings. The lowest BCUT2D eigenvalue weighted by Crippen LogP contribution is -2.44. The maximum absolute atomic E-state index is 11.4. The summed E-state index contributed by atoms with van der Waals surface area (Å²) in [5, 5.41) is 12.7. The molecule has 2 heterocycles. The predicted molar refractivity (Wildman–Crippen MR) is 70.3 cm³/mol. The number of rotatable bonds is 0. The van der Waals surface area contributed by atoms with Crippen LogP contribution in [0.3, 0.4) is 0 Å². The third-order valence-corrected chi connectivity index (χ3v) is 4.27. The second kappa shape index (κ2) is 3.99. The Morgan fingerprint density at radius 2 is 2.11 bits per heavy atom. The summed E-state index contributed by atoms with van der Waals surface area (Å²) in [6.45, 7) is 4.63. The van der Waals surface area contributed by atoms with Crippen LogP contribution in [-0.4, -0.2) is 30.8 Å². The van der Waals surface area contributed by atoms with Gasteiger partial charge in [-0.2, -0.15) is 0 Å². The fourth-order valence-corrected chi connectivity index (χ4v) is 3.29. The van der Waals surface area contributed by atoms with Gasteiger partial charge in [-0.1, -0.05) is 17.7 Å². The van der Waals surface area contributed by atoms with Gasteiger partial charge in [-0.05, 0) is 44.5 Å². The minimum atomic E-state index is -0.837. The molecular weight excluding hydrogens is 228 g/mol. The Kier molecular flexibility index (Phi) is 2.55. The number of amides is 1. The SMILES string of the molecule is Cc1ccc2c(c1)C1(CCNCC1)CN2C(=O)O. The van der Waals surface area contributed by atoms with Gasteiger partial charge in [-0.25, -0.2) is 4.79 Å². The molecule has 3 rings (SSSR count). The van der Waals surface area contributed by atoms with Gasteiger partial charge < -0.3 is 10.4 Å². The molecule has 1 amide bonds. The lowest BCUT2D eigenvalue weighted by atomic mass is 9.74. The molecule has 0 aliphatic carbocycles. The average Bonchev–Trinajstić information content (AvgIpc) is 2.65. The summed E-state index contributed by atoms with van der Waals surface area (Å²) in [6.07, 6.45) is 1.20. The molecule has 0 unspecified atom stereocenters. The van der Waals surface area contributed by atoms with E-state index in [2.05, 4.69) is 18.3 Å². The number of anilines is 1. The molecule has 2 N–H and O–H groups in total. The first-order chi connectivity index (χ1) is 8.62. The van der Waals surface area contributed by atoms with Crippen molar-refractivity contribution in [2.24, 2.45) is 0 Å². The van der Waals surface area contributed by atoms with Gasteiger partial charge in [0, 0.05) is 12.0 Å². The molecule has 18 heavy (non-hydrogen) atoms. The normalized spacial score (nSPS) is 21.1. The van der Waals surface area contributed by atoms with Crippen molar-refractivity contribution in [3.8, 4) is 0 Å². The number of fused-ring (bicyclic) bond motifs is 2. The summed E-state index contributed by atoms with van der Waals surface area (Å²) in [7, 11) is 0. The summed E-state index contributed by atoms with van der Waals surface area (Å²) in [5.41, 5.74) is 3.35. The summed E-state index contributed by atoms with van der Waals surface area (Å²) >= 11 is 0. The van der Waals surface area contributed by atoms with Gasteiger partial charge in [-0.3, -0.25) is 4.90 Å². The molecule has 4 nitrogen and oxygen atoms in total. The maximum Gasteiger partial charge on any atom is 0.411 e. The first kappa shape index (κ1) is 11.5.